The molecular formula is C11H12N2O3S3. The maximum Gasteiger partial charge on any atom is 0.261 e. The largest absolute Gasteiger partial charge is 0.354 e. The van der Waals surface area contributed by atoms with Gasteiger partial charge in [0.15, 0.2) is 0 Å². The summed E-state index contributed by atoms with van der Waals surface area (Å²) in [6.45, 7) is 0.255. The van der Waals surface area contributed by atoms with Gasteiger partial charge in [-0.05, 0) is 17.5 Å². The Labute approximate surface area is 119 Å². The lowest BCUT2D eigenvalue weighted by Gasteiger charge is -2.02. The number of amides is 1. The predicted molar refractivity (Wildman–Crippen MR) is 76.1 cm³/mol. The molecule has 2 N–H and O–H groups in total. The number of thiophene rings is 2. The molecule has 0 radical (unpaired) electrons. The zero-order valence-corrected chi connectivity index (χ0v) is 12.5. The topological polar surface area (TPSA) is 75.3 Å². The molecule has 0 bridgehead atoms. The van der Waals surface area contributed by atoms with Crippen molar-refractivity contribution in [1.82, 2.24) is 10.0 Å². The summed E-state index contributed by atoms with van der Waals surface area (Å²) in [5.41, 5.74) is 0. The molecule has 0 aliphatic heterocycles. The Balaban J connectivity index is 2.11. The fourth-order valence-corrected chi connectivity index (χ4v) is 4.33. The van der Waals surface area contributed by atoms with Crippen molar-refractivity contribution in [1.29, 1.82) is 0 Å². The number of carbonyl (C=O) groups is 1. The molecule has 0 aliphatic rings. The summed E-state index contributed by atoms with van der Waals surface area (Å²) in [6, 6.07) is 5.10. The van der Waals surface area contributed by atoms with Crippen molar-refractivity contribution < 1.29 is 13.2 Å². The van der Waals surface area contributed by atoms with E-state index in [1.54, 1.807) is 0 Å². The van der Waals surface area contributed by atoms with Crippen LogP contribution in [0.5, 0.6) is 0 Å². The lowest BCUT2D eigenvalue weighted by atomic mass is 10.4. The van der Waals surface area contributed by atoms with Crippen molar-refractivity contribution in [3.63, 3.8) is 0 Å². The number of hydrogen-bond acceptors (Lipinski definition) is 5. The van der Waals surface area contributed by atoms with E-state index in [1.807, 2.05) is 17.5 Å². The first-order valence-corrected chi connectivity index (χ1v) is 8.60. The van der Waals surface area contributed by atoms with Gasteiger partial charge >= 0.3 is 0 Å². The molecule has 0 spiro atoms. The first kappa shape index (κ1) is 14.2. The smallest absolute Gasteiger partial charge is 0.261 e. The molecule has 2 aromatic rings. The molecule has 0 atom stereocenters. The van der Waals surface area contributed by atoms with Crippen molar-refractivity contribution in [2.24, 2.45) is 0 Å². The Morgan fingerprint density at radius 1 is 1.37 bits per heavy atom. The molecule has 2 rings (SSSR count). The Kier molecular flexibility index (Phi) is 4.35. The van der Waals surface area contributed by atoms with E-state index < -0.39 is 10.0 Å². The van der Waals surface area contributed by atoms with Crippen molar-refractivity contribution >= 4 is 38.6 Å². The predicted octanol–water partition coefficient (Wildman–Crippen LogP) is 1.65. The van der Waals surface area contributed by atoms with E-state index >= 15 is 0 Å². The van der Waals surface area contributed by atoms with Gasteiger partial charge in [0.05, 0.1) is 9.77 Å². The zero-order valence-electron chi connectivity index (χ0n) is 10.0. The zero-order chi connectivity index (χ0) is 13.9. The fourth-order valence-electron chi connectivity index (χ4n) is 1.36. The van der Waals surface area contributed by atoms with E-state index in [0.29, 0.717) is 4.88 Å². The van der Waals surface area contributed by atoms with Crippen molar-refractivity contribution in [2.75, 3.05) is 7.05 Å². The number of carbonyl (C=O) groups excluding carboxylic acids is 1. The Hall–Kier alpha value is -1.22. The summed E-state index contributed by atoms with van der Waals surface area (Å²) < 4.78 is 26.5. The SMILES string of the molecule is CNC(=O)c1cc(S(=O)(=O)NCc2cccs2)cs1. The van der Waals surface area contributed by atoms with E-state index in [9.17, 15) is 13.2 Å². The normalized spacial score (nSPS) is 11.4. The highest BCUT2D eigenvalue weighted by molar-refractivity contribution is 7.89. The number of sulfonamides is 1. The van der Waals surface area contributed by atoms with Gasteiger partial charge in [-0.2, -0.15) is 0 Å². The third-order valence-electron chi connectivity index (χ3n) is 2.35. The molecule has 0 saturated heterocycles. The average molecular weight is 316 g/mol. The molecule has 0 saturated carbocycles. The minimum Gasteiger partial charge on any atom is -0.354 e. The summed E-state index contributed by atoms with van der Waals surface area (Å²) in [5, 5.41) is 5.80. The fraction of sp³-hybridized carbons (Fsp3) is 0.182. The molecule has 2 aromatic heterocycles. The van der Waals surface area contributed by atoms with Crippen LogP contribution >= 0.6 is 22.7 Å². The molecule has 2 heterocycles. The minimum atomic E-state index is -3.57. The first-order valence-electron chi connectivity index (χ1n) is 5.35. The highest BCUT2D eigenvalue weighted by atomic mass is 32.2. The lowest BCUT2D eigenvalue weighted by molar-refractivity contribution is 0.0967. The van der Waals surface area contributed by atoms with Crippen LogP contribution in [0.2, 0.25) is 0 Å². The van der Waals surface area contributed by atoms with Gasteiger partial charge < -0.3 is 5.32 Å². The highest BCUT2D eigenvalue weighted by Gasteiger charge is 2.18. The van der Waals surface area contributed by atoms with Crippen LogP contribution in [0.4, 0.5) is 0 Å². The number of rotatable bonds is 5. The quantitative estimate of drug-likeness (QED) is 0.880. The van der Waals surface area contributed by atoms with E-state index in [0.717, 1.165) is 16.2 Å². The summed E-state index contributed by atoms with van der Waals surface area (Å²) in [5.74, 6) is -0.287. The highest BCUT2D eigenvalue weighted by Crippen LogP contribution is 2.19. The Bertz CT molecular complexity index is 659. The lowest BCUT2D eigenvalue weighted by Crippen LogP contribution is -2.22. The minimum absolute atomic E-state index is 0.118. The average Bonchev–Trinajstić information content (AvgIpc) is 3.06. The van der Waals surface area contributed by atoms with Gasteiger partial charge in [0.1, 0.15) is 0 Å². The van der Waals surface area contributed by atoms with Gasteiger partial charge in [-0.3, -0.25) is 4.79 Å². The van der Waals surface area contributed by atoms with Crippen LogP contribution in [0.25, 0.3) is 0 Å². The third-order valence-corrected chi connectivity index (χ3v) is 5.69. The molecule has 0 aliphatic carbocycles. The van der Waals surface area contributed by atoms with Crippen molar-refractivity contribution in [3.05, 3.63) is 38.7 Å². The van der Waals surface area contributed by atoms with Crippen LogP contribution < -0.4 is 10.0 Å². The van der Waals surface area contributed by atoms with Crippen LogP contribution in [0.1, 0.15) is 14.5 Å². The van der Waals surface area contributed by atoms with E-state index in [-0.39, 0.29) is 17.3 Å². The number of hydrogen-bond donors (Lipinski definition) is 2. The molecular weight excluding hydrogens is 304 g/mol. The first-order chi connectivity index (χ1) is 9.03. The van der Waals surface area contributed by atoms with E-state index in [2.05, 4.69) is 10.0 Å². The van der Waals surface area contributed by atoms with Gasteiger partial charge in [-0.1, -0.05) is 6.07 Å². The van der Waals surface area contributed by atoms with Crippen LogP contribution in [-0.2, 0) is 16.6 Å². The molecule has 0 aromatic carbocycles. The molecule has 0 unspecified atom stereocenters. The Morgan fingerprint density at radius 3 is 2.79 bits per heavy atom. The molecule has 19 heavy (non-hydrogen) atoms. The van der Waals surface area contributed by atoms with Gasteiger partial charge in [-0.25, -0.2) is 13.1 Å². The molecule has 5 nitrogen and oxygen atoms in total. The summed E-state index contributed by atoms with van der Waals surface area (Å²) in [4.78, 5) is 12.8. The van der Waals surface area contributed by atoms with Crippen molar-refractivity contribution in [2.45, 2.75) is 11.4 Å². The molecule has 102 valence electrons. The molecule has 1 amide bonds. The van der Waals surface area contributed by atoms with Gasteiger partial charge in [0.25, 0.3) is 5.91 Å². The van der Waals surface area contributed by atoms with Crippen LogP contribution in [-0.4, -0.2) is 21.4 Å². The van der Waals surface area contributed by atoms with E-state index in [4.69, 9.17) is 0 Å². The maximum absolute atomic E-state index is 12.0. The van der Waals surface area contributed by atoms with Gasteiger partial charge in [0, 0.05) is 23.8 Å². The van der Waals surface area contributed by atoms with E-state index in [1.165, 1.54) is 29.8 Å². The van der Waals surface area contributed by atoms with Crippen molar-refractivity contribution in [3.8, 4) is 0 Å². The van der Waals surface area contributed by atoms with Crippen LogP contribution in [0.15, 0.2) is 33.9 Å². The standard InChI is InChI=1S/C11H12N2O3S3/c1-12-11(14)10-5-9(7-18-10)19(15,16)13-6-8-3-2-4-17-8/h2-5,7,13H,6H2,1H3,(H,12,14). The third kappa shape index (κ3) is 3.41. The second-order valence-corrected chi connectivity index (χ2v) is 7.34. The molecule has 0 fully saturated rings. The monoisotopic (exact) mass is 316 g/mol. The van der Waals surface area contributed by atoms with Gasteiger partial charge in [-0.15, -0.1) is 22.7 Å². The van der Waals surface area contributed by atoms with Crippen LogP contribution in [0, 0.1) is 0 Å². The molecule has 8 heteroatoms. The summed E-state index contributed by atoms with van der Waals surface area (Å²) >= 11 is 2.59. The summed E-state index contributed by atoms with van der Waals surface area (Å²) in [7, 11) is -2.06. The number of nitrogens with one attached hydrogen (secondary N) is 2. The van der Waals surface area contributed by atoms with Gasteiger partial charge in [0.2, 0.25) is 10.0 Å². The second kappa shape index (κ2) is 5.83. The summed E-state index contributed by atoms with van der Waals surface area (Å²) in [6.07, 6.45) is 0. The Morgan fingerprint density at radius 2 is 2.16 bits per heavy atom. The maximum atomic E-state index is 12.0. The van der Waals surface area contributed by atoms with Crippen LogP contribution in [0.3, 0.4) is 0 Å². The second-order valence-electron chi connectivity index (χ2n) is 3.63.